The molecule has 1 aromatic rings. The van der Waals surface area contributed by atoms with Crippen LogP contribution in [0.5, 0.6) is 0 Å². The zero-order valence-corrected chi connectivity index (χ0v) is 9.07. The van der Waals surface area contributed by atoms with Gasteiger partial charge in [-0.2, -0.15) is 0 Å². The standard InChI is InChI=1S/C12H15N3O/c16-9-14-10-1-3-11(4-2-10)15-7-12(8-15)5-13-6-12/h1-4,9,13H,5-8H2,(H,14,16). The summed E-state index contributed by atoms with van der Waals surface area (Å²) in [6.07, 6.45) is 0.702. The summed E-state index contributed by atoms with van der Waals surface area (Å²) in [4.78, 5) is 12.6. The Morgan fingerprint density at radius 3 is 2.44 bits per heavy atom. The van der Waals surface area contributed by atoms with Gasteiger partial charge in [0.2, 0.25) is 6.41 Å². The van der Waals surface area contributed by atoms with E-state index in [-0.39, 0.29) is 0 Å². The largest absolute Gasteiger partial charge is 0.370 e. The van der Waals surface area contributed by atoms with Gasteiger partial charge in [-0.05, 0) is 24.3 Å². The van der Waals surface area contributed by atoms with Crippen LogP contribution >= 0.6 is 0 Å². The number of hydrogen-bond acceptors (Lipinski definition) is 3. The van der Waals surface area contributed by atoms with E-state index < -0.39 is 0 Å². The van der Waals surface area contributed by atoms with Crippen molar-refractivity contribution in [3.63, 3.8) is 0 Å². The van der Waals surface area contributed by atoms with Gasteiger partial charge in [0.15, 0.2) is 0 Å². The van der Waals surface area contributed by atoms with Crippen LogP contribution in [0.4, 0.5) is 11.4 Å². The monoisotopic (exact) mass is 217 g/mol. The summed E-state index contributed by atoms with van der Waals surface area (Å²) in [6, 6.07) is 8.00. The fourth-order valence-corrected chi connectivity index (χ4v) is 2.48. The molecule has 2 fully saturated rings. The van der Waals surface area contributed by atoms with Gasteiger partial charge >= 0.3 is 0 Å². The van der Waals surface area contributed by atoms with Gasteiger partial charge in [-0.1, -0.05) is 0 Å². The molecule has 2 aliphatic rings. The Hall–Kier alpha value is -1.55. The molecule has 0 saturated carbocycles. The summed E-state index contributed by atoms with van der Waals surface area (Å²) in [5.74, 6) is 0. The zero-order chi connectivity index (χ0) is 11.0. The van der Waals surface area contributed by atoms with Crippen molar-refractivity contribution < 1.29 is 4.79 Å². The van der Waals surface area contributed by atoms with Crippen molar-refractivity contribution in [2.75, 3.05) is 36.4 Å². The van der Waals surface area contributed by atoms with Gasteiger partial charge in [-0.15, -0.1) is 0 Å². The topological polar surface area (TPSA) is 44.4 Å². The van der Waals surface area contributed by atoms with Crippen LogP contribution in [-0.2, 0) is 4.79 Å². The van der Waals surface area contributed by atoms with Crippen LogP contribution < -0.4 is 15.5 Å². The van der Waals surface area contributed by atoms with Gasteiger partial charge in [0, 0.05) is 43.0 Å². The number of rotatable bonds is 3. The molecule has 0 radical (unpaired) electrons. The second kappa shape index (κ2) is 3.49. The lowest BCUT2D eigenvalue weighted by atomic mass is 9.74. The maximum Gasteiger partial charge on any atom is 0.211 e. The molecule has 84 valence electrons. The SMILES string of the molecule is O=CNc1ccc(N2CC3(CNC3)C2)cc1. The van der Waals surface area contributed by atoms with Gasteiger partial charge < -0.3 is 15.5 Å². The van der Waals surface area contributed by atoms with Crippen LogP contribution in [-0.4, -0.2) is 32.6 Å². The minimum absolute atomic E-state index is 0.555. The lowest BCUT2D eigenvalue weighted by Gasteiger charge is -2.57. The highest BCUT2D eigenvalue weighted by molar-refractivity contribution is 5.72. The van der Waals surface area contributed by atoms with E-state index >= 15 is 0 Å². The van der Waals surface area contributed by atoms with Crippen LogP contribution in [0.3, 0.4) is 0 Å². The van der Waals surface area contributed by atoms with E-state index in [1.165, 1.54) is 5.69 Å². The van der Waals surface area contributed by atoms with E-state index in [9.17, 15) is 4.79 Å². The molecule has 2 aliphatic heterocycles. The van der Waals surface area contributed by atoms with Gasteiger partial charge in [-0.3, -0.25) is 4.79 Å². The maximum atomic E-state index is 10.3. The average molecular weight is 217 g/mol. The third-order valence-electron chi connectivity index (χ3n) is 3.51. The minimum Gasteiger partial charge on any atom is -0.370 e. The number of amides is 1. The van der Waals surface area contributed by atoms with Crippen molar-refractivity contribution in [2.45, 2.75) is 0 Å². The number of anilines is 2. The molecule has 0 atom stereocenters. The van der Waals surface area contributed by atoms with Crippen LogP contribution in [0.2, 0.25) is 0 Å². The molecule has 4 nitrogen and oxygen atoms in total. The van der Waals surface area contributed by atoms with Gasteiger partial charge in [-0.25, -0.2) is 0 Å². The Bertz CT molecular complexity index is 389. The van der Waals surface area contributed by atoms with Crippen molar-refractivity contribution in [3.8, 4) is 0 Å². The summed E-state index contributed by atoms with van der Waals surface area (Å²) in [5.41, 5.74) is 2.65. The predicted molar refractivity (Wildman–Crippen MR) is 63.6 cm³/mol. The summed E-state index contributed by atoms with van der Waals surface area (Å²) < 4.78 is 0. The molecular formula is C12H15N3O. The van der Waals surface area contributed by atoms with Crippen molar-refractivity contribution in [1.82, 2.24) is 5.32 Å². The normalized spacial score (nSPS) is 21.1. The molecule has 0 bridgehead atoms. The number of carbonyl (C=O) groups is 1. The molecule has 4 heteroatoms. The predicted octanol–water partition coefficient (Wildman–Crippen LogP) is 0.664. The highest BCUT2D eigenvalue weighted by Crippen LogP contribution is 2.37. The number of benzene rings is 1. The molecular weight excluding hydrogens is 202 g/mol. The van der Waals surface area contributed by atoms with Crippen LogP contribution in [0.1, 0.15) is 0 Å². The molecule has 0 unspecified atom stereocenters. The average Bonchev–Trinajstić information content (AvgIpc) is 2.16. The van der Waals surface area contributed by atoms with Gasteiger partial charge in [0.05, 0.1) is 0 Å². The number of carbonyl (C=O) groups excluding carboxylic acids is 1. The van der Waals surface area contributed by atoms with Crippen LogP contribution in [0.15, 0.2) is 24.3 Å². The first-order valence-electron chi connectivity index (χ1n) is 5.57. The quantitative estimate of drug-likeness (QED) is 0.731. The Morgan fingerprint density at radius 1 is 1.25 bits per heavy atom. The van der Waals surface area contributed by atoms with E-state index in [4.69, 9.17) is 0 Å². The highest BCUT2D eigenvalue weighted by atomic mass is 16.1. The molecule has 0 aliphatic carbocycles. The van der Waals surface area contributed by atoms with Crippen LogP contribution in [0, 0.1) is 5.41 Å². The van der Waals surface area contributed by atoms with E-state index in [0.29, 0.717) is 11.8 Å². The molecule has 2 saturated heterocycles. The summed E-state index contributed by atoms with van der Waals surface area (Å²) >= 11 is 0. The molecule has 3 rings (SSSR count). The molecule has 2 N–H and O–H groups in total. The van der Waals surface area contributed by atoms with Crippen molar-refractivity contribution in [1.29, 1.82) is 0 Å². The molecule has 0 aromatic heterocycles. The fraction of sp³-hybridized carbons (Fsp3) is 0.417. The van der Waals surface area contributed by atoms with Gasteiger partial charge in [0.25, 0.3) is 0 Å². The third-order valence-corrected chi connectivity index (χ3v) is 3.51. The van der Waals surface area contributed by atoms with Crippen LogP contribution in [0.25, 0.3) is 0 Å². The fourth-order valence-electron chi connectivity index (χ4n) is 2.48. The van der Waals surface area contributed by atoms with Gasteiger partial charge in [0.1, 0.15) is 0 Å². The first-order valence-corrected chi connectivity index (χ1v) is 5.57. The lowest BCUT2D eigenvalue weighted by molar-refractivity contribution is -0.105. The Kier molecular flexibility index (Phi) is 2.11. The second-order valence-corrected chi connectivity index (χ2v) is 4.77. The van der Waals surface area contributed by atoms with Crippen molar-refractivity contribution >= 4 is 17.8 Å². The second-order valence-electron chi connectivity index (χ2n) is 4.77. The first kappa shape index (κ1) is 9.66. The zero-order valence-electron chi connectivity index (χ0n) is 9.07. The molecule has 1 aromatic carbocycles. The summed E-state index contributed by atoms with van der Waals surface area (Å²) in [5, 5.41) is 5.97. The number of hydrogen-bond donors (Lipinski definition) is 2. The molecule has 16 heavy (non-hydrogen) atoms. The van der Waals surface area contributed by atoms with E-state index in [1.807, 2.05) is 12.1 Å². The molecule has 1 spiro atoms. The highest BCUT2D eigenvalue weighted by Gasteiger charge is 2.47. The smallest absolute Gasteiger partial charge is 0.211 e. The van der Waals surface area contributed by atoms with E-state index in [2.05, 4.69) is 27.7 Å². The Balaban J connectivity index is 1.65. The Morgan fingerprint density at radius 2 is 1.94 bits per heavy atom. The first-order chi connectivity index (χ1) is 7.81. The van der Waals surface area contributed by atoms with Crippen molar-refractivity contribution in [2.24, 2.45) is 5.41 Å². The molecule has 2 heterocycles. The Labute approximate surface area is 94.6 Å². The number of nitrogens with zero attached hydrogens (tertiary/aromatic N) is 1. The lowest BCUT2D eigenvalue weighted by Crippen LogP contribution is -2.71. The van der Waals surface area contributed by atoms with E-state index in [1.54, 1.807) is 0 Å². The minimum atomic E-state index is 0.555. The maximum absolute atomic E-state index is 10.3. The number of nitrogens with one attached hydrogen (secondary N) is 2. The summed E-state index contributed by atoms with van der Waals surface area (Å²) in [7, 11) is 0. The molecule has 1 amide bonds. The van der Waals surface area contributed by atoms with Crippen molar-refractivity contribution in [3.05, 3.63) is 24.3 Å². The van der Waals surface area contributed by atoms with E-state index in [0.717, 1.165) is 31.9 Å². The third kappa shape index (κ3) is 1.46. The summed E-state index contributed by atoms with van der Waals surface area (Å²) in [6.45, 7) is 4.63.